The Kier molecular flexibility index (Phi) is 4.37. The molecule has 2 aromatic carbocycles. The van der Waals surface area contributed by atoms with Gasteiger partial charge < -0.3 is 20.3 Å². The maximum atomic E-state index is 11.8. The average molecular weight is 386 g/mol. The Balaban J connectivity index is 1.95. The second-order valence-electron chi connectivity index (χ2n) is 6.57. The summed E-state index contributed by atoms with van der Waals surface area (Å²) < 4.78 is 6.12. The van der Waals surface area contributed by atoms with Crippen LogP contribution in [0.2, 0.25) is 5.02 Å². The highest BCUT2D eigenvalue weighted by atomic mass is 35.5. The number of benzene rings is 2. The molecule has 2 aliphatic heterocycles. The standard InChI is InChI=1S/C20H16ClNO5/c21-10-4-5-16-12(6-10)14-8-22-9-15(14)19-11(2-1-3-17(19)27-16)13(20(25)26)7-18(23)24/h1-7,14-15,22H,8-9H2,(H,23,24)(H,25,26). The summed E-state index contributed by atoms with van der Waals surface area (Å²) in [6, 6.07) is 10.5. The van der Waals surface area contributed by atoms with Gasteiger partial charge in [0.15, 0.2) is 0 Å². The summed E-state index contributed by atoms with van der Waals surface area (Å²) in [5.74, 6) is -1.42. The average Bonchev–Trinajstić information content (AvgIpc) is 3.05. The molecule has 7 heteroatoms. The summed E-state index contributed by atoms with van der Waals surface area (Å²) in [5.41, 5.74) is 1.76. The monoisotopic (exact) mass is 385 g/mol. The first kappa shape index (κ1) is 17.6. The normalized spacial score (nSPS) is 20.7. The highest BCUT2D eigenvalue weighted by Gasteiger charge is 2.38. The summed E-state index contributed by atoms with van der Waals surface area (Å²) >= 11 is 6.18. The molecule has 2 aromatic rings. The fraction of sp³-hybridized carbons (Fsp3) is 0.200. The van der Waals surface area contributed by atoms with Gasteiger partial charge in [-0.15, -0.1) is 0 Å². The number of nitrogens with one attached hydrogen (secondary N) is 1. The van der Waals surface area contributed by atoms with Crippen molar-refractivity contribution in [2.45, 2.75) is 11.8 Å². The molecule has 1 fully saturated rings. The van der Waals surface area contributed by atoms with Crippen LogP contribution >= 0.6 is 11.6 Å². The van der Waals surface area contributed by atoms with Gasteiger partial charge in [-0.05, 0) is 29.8 Å². The first-order chi connectivity index (χ1) is 13.0. The Labute approximate surface area is 160 Å². The minimum atomic E-state index is -1.31. The first-order valence-corrected chi connectivity index (χ1v) is 8.82. The fourth-order valence-electron chi connectivity index (χ4n) is 3.96. The van der Waals surface area contributed by atoms with E-state index in [-0.39, 0.29) is 17.4 Å². The molecule has 6 nitrogen and oxygen atoms in total. The van der Waals surface area contributed by atoms with E-state index >= 15 is 0 Å². The molecule has 2 unspecified atom stereocenters. The van der Waals surface area contributed by atoms with Gasteiger partial charge in [0.1, 0.15) is 11.5 Å². The van der Waals surface area contributed by atoms with E-state index in [1.54, 1.807) is 30.3 Å². The van der Waals surface area contributed by atoms with Crippen LogP contribution in [-0.4, -0.2) is 35.2 Å². The van der Waals surface area contributed by atoms with Crippen LogP contribution in [0.25, 0.3) is 5.57 Å². The second-order valence-corrected chi connectivity index (χ2v) is 7.01. The Morgan fingerprint density at radius 3 is 2.63 bits per heavy atom. The number of ether oxygens (including phenoxy) is 1. The molecule has 4 rings (SSSR count). The number of hydrogen-bond acceptors (Lipinski definition) is 4. The van der Waals surface area contributed by atoms with Gasteiger partial charge in [-0.3, -0.25) is 0 Å². The van der Waals surface area contributed by atoms with Crippen molar-refractivity contribution in [2.24, 2.45) is 0 Å². The van der Waals surface area contributed by atoms with Crippen LogP contribution in [0.15, 0.2) is 42.5 Å². The smallest absolute Gasteiger partial charge is 0.336 e. The zero-order valence-corrected chi connectivity index (χ0v) is 14.9. The Morgan fingerprint density at radius 1 is 1.11 bits per heavy atom. The van der Waals surface area contributed by atoms with Crippen LogP contribution in [0.5, 0.6) is 11.5 Å². The molecule has 0 saturated carbocycles. The topological polar surface area (TPSA) is 95.9 Å². The maximum Gasteiger partial charge on any atom is 0.336 e. The molecule has 3 N–H and O–H groups in total. The van der Waals surface area contributed by atoms with Gasteiger partial charge in [0.25, 0.3) is 0 Å². The Hall–Kier alpha value is -2.83. The van der Waals surface area contributed by atoms with Gasteiger partial charge in [0, 0.05) is 47.2 Å². The lowest BCUT2D eigenvalue weighted by atomic mass is 9.80. The second kappa shape index (κ2) is 6.72. The minimum Gasteiger partial charge on any atom is -0.478 e. The van der Waals surface area contributed by atoms with E-state index in [4.69, 9.17) is 21.4 Å². The predicted octanol–water partition coefficient (Wildman–Crippen LogP) is 3.47. The molecule has 2 atom stereocenters. The summed E-state index contributed by atoms with van der Waals surface area (Å²) in [5, 5.41) is 22.7. The van der Waals surface area contributed by atoms with Crippen LogP contribution in [0, 0.1) is 0 Å². The van der Waals surface area contributed by atoms with E-state index in [9.17, 15) is 14.7 Å². The van der Waals surface area contributed by atoms with Gasteiger partial charge in [-0.1, -0.05) is 23.7 Å². The number of aliphatic carboxylic acids is 2. The summed E-state index contributed by atoms with van der Waals surface area (Å²) in [7, 11) is 0. The van der Waals surface area contributed by atoms with Crippen LogP contribution in [0.1, 0.15) is 28.5 Å². The van der Waals surface area contributed by atoms with Crippen molar-refractivity contribution in [3.05, 3.63) is 64.2 Å². The zero-order chi connectivity index (χ0) is 19.1. The lowest BCUT2D eigenvalue weighted by Gasteiger charge is -2.20. The lowest BCUT2D eigenvalue weighted by Crippen LogP contribution is -2.13. The van der Waals surface area contributed by atoms with Gasteiger partial charge >= 0.3 is 11.9 Å². The number of carbonyl (C=O) groups is 2. The third kappa shape index (κ3) is 3.07. The van der Waals surface area contributed by atoms with Crippen molar-refractivity contribution in [3.63, 3.8) is 0 Å². The molecule has 0 aromatic heterocycles. The number of hydrogen-bond donors (Lipinski definition) is 3. The molecule has 0 aliphatic carbocycles. The van der Waals surface area contributed by atoms with Gasteiger partial charge in [0.2, 0.25) is 0 Å². The molecule has 2 aliphatic rings. The van der Waals surface area contributed by atoms with E-state index in [1.807, 2.05) is 6.07 Å². The molecular weight excluding hydrogens is 370 g/mol. The molecule has 27 heavy (non-hydrogen) atoms. The number of rotatable bonds is 3. The minimum absolute atomic E-state index is 0.0426. The van der Waals surface area contributed by atoms with Crippen molar-refractivity contribution in [1.29, 1.82) is 0 Å². The van der Waals surface area contributed by atoms with Crippen molar-refractivity contribution in [3.8, 4) is 11.5 Å². The van der Waals surface area contributed by atoms with Crippen molar-refractivity contribution in [2.75, 3.05) is 13.1 Å². The van der Waals surface area contributed by atoms with Crippen LogP contribution in [-0.2, 0) is 9.59 Å². The first-order valence-electron chi connectivity index (χ1n) is 8.45. The van der Waals surface area contributed by atoms with Crippen LogP contribution in [0.3, 0.4) is 0 Å². The van der Waals surface area contributed by atoms with Crippen molar-refractivity contribution in [1.82, 2.24) is 5.32 Å². The number of carboxylic acid groups (broad SMARTS) is 2. The Morgan fingerprint density at radius 2 is 1.89 bits per heavy atom. The SMILES string of the molecule is O=C(O)C=C(C(=O)O)c1cccc2c1C1CNCC1c1cc(Cl)ccc1O2. The van der Waals surface area contributed by atoms with E-state index < -0.39 is 11.9 Å². The zero-order valence-electron chi connectivity index (χ0n) is 14.1. The number of fused-ring (bicyclic) bond motifs is 5. The third-order valence-electron chi connectivity index (χ3n) is 5.03. The van der Waals surface area contributed by atoms with Crippen molar-refractivity contribution >= 4 is 29.1 Å². The molecule has 0 radical (unpaired) electrons. The fourth-order valence-corrected chi connectivity index (χ4v) is 4.14. The molecule has 1 saturated heterocycles. The Bertz CT molecular complexity index is 984. The maximum absolute atomic E-state index is 11.8. The predicted molar refractivity (Wildman–Crippen MR) is 99.6 cm³/mol. The van der Waals surface area contributed by atoms with Crippen LogP contribution < -0.4 is 10.1 Å². The van der Waals surface area contributed by atoms with E-state index in [0.717, 1.165) is 11.6 Å². The summed E-state index contributed by atoms with van der Waals surface area (Å²) in [4.78, 5) is 22.9. The highest BCUT2D eigenvalue weighted by Crippen LogP contribution is 2.50. The largest absolute Gasteiger partial charge is 0.478 e. The number of carboxylic acids is 2. The summed E-state index contributed by atoms with van der Waals surface area (Å²) in [6.07, 6.45) is 0.726. The van der Waals surface area contributed by atoms with E-state index in [0.29, 0.717) is 40.7 Å². The molecule has 138 valence electrons. The summed E-state index contributed by atoms with van der Waals surface area (Å²) in [6.45, 7) is 1.32. The molecule has 2 heterocycles. The van der Waals surface area contributed by atoms with Gasteiger partial charge in [-0.25, -0.2) is 9.59 Å². The molecular formula is C20H16ClNO5. The molecule has 0 amide bonds. The highest BCUT2D eigenvalue weighted by molar-refractivity contribution is 6.30. The molecule has 0 spiro atoms. The lowest BCUT2D eigenvalue weighted by molar-refractivity contribution is -0.133. The van der Waals surface area contributed by atoms with Crippen LogP contribution in [0.4, 0.5) is 0 Å². The quantitative estimate of drug-likeness (QED) is 0.700. The van der Waals surface area contributed by atoms with Crippen molar-refractivity contribution < 1.29 is 24.5 Å². The van der Waals surface area contributed by atoms with E-state index in [2.05, 4.69) is 5.32 Å². The number of halogens is 1. The van der Waals surface area contributed by atoms with Gasteiger partial charge in [-0.2, -0.15) is 0 Å². The van der Waals surface area contributed by atoms with E-state index in [1.165, 1.54) is 0 Å². The third-order valence-corrected chi connectivity index (χ3v) is 5.27. The van der Waals surface area contributed by atoms with Gasteiger partial charge in [0.05, 0.1) is 5.57 Å². The molecule has 0 bridgehead atoms.